The number of hydrogen-bond donors (Lipinski definition) is 1. The van der Waals surface area contributed by atoms with E-state index in [0.717, 1.165) is 11.3 Å². The molecule has 0 atom stereocenters. The molecule has 0 amide bonds. The van der Waals surface area contributed by atoms with E-state index >= 15 is 0 Å². The minimum absolute atomic E-state index is 0.510. The summed E-state index contributed by atoms with van der Waals surface area (Å²) in [4.78, 5) is 8.24. The number of ether oxygens (including phenoxy) is 2. The van der Waals surface area contributed by atoms with Crippen LogP contribution >= 0.6 is 0 Å². The highest BCUT2D eigenvalue weighted by Crippen LogP contribution is 2.12. The van der Waals surface area contributed by atoms with Crippen molar-refractivity contribution in [2.24, 2.45) is 0 Å². The van der Waals surface area contributed by atoms with Gasteiger partial charge < -0.3 is 14.8 Å². The van der Waals surface area contributed by atoms with E-state index in [1.165, 1.54) is 6.33 Å². The molecule has 0 fully saturated rings. The van der Waals surface area contributed by atoms with Gasteiger partial charge in [-0.1, -0.05) is 5.92 Å². The predicted octanol–water partition coefficient (Wildman–Crippen LogP) is 1.58. The van der Waals surface area contributed by atoms with Crippen LogP contribution in [0.5, 0.6) is 0 Å². The number of rotatable bonds is 5. The zero-order valence-corrected chi connectivity index (χ0v) is 11.3. The van der Waals surface area contributed by atoms with Crippen molar-refractivity contribution in [3.63, 3.8) is 0 Å². The van der Waals surface area contributed by atoms with Gasteiger partial charge in [-0.25, -0.2) is 9.97 Å². The van der Waals surface area contributed by atoms with Gasteiger partial charge in [-0.15, -0.1) is 0 Å². The van der Waals surface area contributed by atoms with E-state index in [9.17, 15) is 0 Å². The lowest BCUT2D eigenvalue weighted by Gasteiger charge is -2.10. The molecular weight excluding hydrogens is 230 g/mol. The van der Waals surface area contributed by atoms with E-state index < -0.39 is 6.29 Å². The van der Waals surface area contributed by atoms with Crippen LogP contribution < -0.4 is 5.32 Å². The van der Waals surface area contributed by atoms with Gasteiger partial charge in [0.2, 0.25) is 6.29 Å². The predicted molar refractivity (Wildman–Crippen MR) is 70.2 cm³/mol. The van der Waals surface area contributed by atoms with Crippen LogP contribution in [0.3, 0.4) is 0 Å². The van der Waals surface area contributed by atoms with Crippen LogP contribution in [0.1, 0.15) is 25.1 Å². The molecule has 1 rings (SSSR count). The molecule has 0 aliphatic heterocycles. The topological polar surface area (TPSA) is 56.3 Å². The van der Waals surface area contributed by atoms with Crippen molar-refractivity contribution in [3.05, 3.63) is 17.6 Å². The van der Waals surface area contributed by atoms with E-state index in [-0.39, 0.29) is 0 Å². The van der Waals surface area contributed by atoms with Gasteiger partial charge in [0.15, 0.2) is 0 Å². The molecule has 0 aliphatic carbocycles. The second-order valence-electron chi connectivity index (χ2n) is 3.44. The normalized spacial score (nSPS) is 10.1. The number of hydrogen-bond acceptors (Lipinski definition) is 5. The van der Waals surface area contributed by atoms with Crippen LogP contribution in [0.4, 0.5) is 5.82 Å². The SMILES string of the molecule is CCOC(C#Cc1c(C)ncnc1NC)OCC. The second-order valence-corrected chi connectivity index (χ2v) is 3.44. The van der Waals surface area contributed by atoms with Gasteiger partial charge in [0.25, 0.3) is 0 Å². The molecule has 1 aromatic rings. The molecule has 0 aromatic carbocycles. The van der Waals surface area contributed by atoms with Gasteiger partial charge >= 0.3 is 0 Å². The number of anilines is 1. The maximum absolute atomic E-state index is 5.36. The zero-order chi connectivity index (χ0) is 13.4. The Bertz CT molecular complexity index is 432. The minimum Gasteiger partial charge on any atom is -0.372 e. The molecular formula is C13H19N3O2. The largest absolute Gasteiger partial charge is 0.372 e. The Hall–Kier alpha value is -1.64. The van der Waals surface area contributed by atoms with Gasteiger partial charge in [0.05, 0.1) is 11.3 Å². The Labute approximate surface area is 108 Å². The van der Waals surface area contributed by atoms with Crippen LogP contribution in [0.25, 0.3) is 0 Å². The number of nitrogens with one attached hydrogen (secondary N) is 1. The molecule has 0 bridgehead atoms. The van der Waals surface area contributed by atoms with Gasteiger partial charge in [-0.05, 0) is 26.7 Å². The summed E-state index contributed by atoms with van der Waals surface area (Å²) in [5.74, 6) is 6.66. The summed E-state index contributed by atoms with van der Waals surface area (Å²) in [5, 5.41) is 2.99. The zero-order valence-electron chi connectivity index (χ0n) is 11.3. The lowest BCUT2D eigenvalue weighted by Crippen LogP contribution is -2.15. The van der Waals surface area contributed by atoms with E-state index in [1.807, 2.05) is 20.8 Å². The second kappa shape index (κ2) is 7.64. The third kappa shape index (κ3) is 3.99. The summed E-state index contributed by atoms with van der Waals surface area (Å²) in [6, 6.07) is 0. The van der Waals surface area contributed by atoms with E-state index in [1.54, 1.807) is 7.05 Å². The summed E-state index contributed by atoms with van der Waals surface area (Å²) < 4.78 is 10.7. The Kier molecular flexibility index (Phi) is 6.12. The molecule has 1 heterocycles. The quantitative estimate of drug-likeness (QED) is 0.634. The summed E-state index contributed by atoms with van der Waals surface area (Å²) in [5.41, 5.74) is 1.60. The molecule has 0 spiro atoms. The maximum Gasteiger partial charge on any atom is 0.222 e. The third-order valence-electron chi connectivity index (χ3n) is 2.22. The Morgan fingerprint density at radius 1 is 1.28 bits per heavy atom. The highest BCUT2D eigenvalue weighted by atomic mass is 16.7. The minimum atomic E-state index is -0.510. The average molecular weight is 249 g/mol. The summed E-state index contributed by atoms with van der Waals surface area (Å²) in [6.45, 7) is 6.82. The highest BCUT2D eigenvalue weighted by Gasteiger charge is 2.06. The molecule has 0 aliphatic rings. The van der Waals surface area contributed by atoms with E-state index in [2.05, 4.69) is 27.1 Å². The van der Waals surface area contributed by atoms with Gasteiger partial charge in [-0.2, -0.15) is 0 Å². The van der Waals surface area contributed by atoms with Gasteiger partial charge in [0.1, 0.15) is 12.1 Å². The first-order valence-corrected chi connectivity index (χ1v) is 5.97. The van der Waals surface area contributed by atoms with Crippen LogP contribution in [-0.2, 0) is 9.47 Å². The van der Waals surface area contributed by atoms with Crippen molar-refractivity contribution in [1.82, 2.24) is 9.97 Å². The fraction of sp³-hybridized carbons (Fsp3) is 0.538. The molecule has 5 heteroatoms. The molecule has 18 heavy (non-hydrogen) atoms. The van der Waals surface area contributed by atoms with Gasteiger partial charge in [0, 0.05) is 20.3 Å². The average Bonchev–Trinajstić information content (AvgIpc) is 2.37. The van der Waals surface area contributed by atoms with E-state index in [4.69, 9.17) is 9.47 Å². The molecule has 0 saturated heterocycles. The molecule has 0 saturated carbocycles. The number of aryl methyl sites for hydroxylation is 1. The maximum atomic E-state index is 5.36. The number of nitrogens with zero attached hydrogens (tertiary/aromatic N) is 2. The van der Waals surface area contributed by atoms with Crippen molar-refractivity contribution in [3.8, 4) is 11.8 Å². The molecule has 5 nitrogen and oxygen atoms in total. The van der Waals surface area contributed by atoms with Crippen molar-refractivity contribution in [2.45, 2.75) is 27.1 Å². The van der Waals surface area contributed by atoms with Crippen LogP contribution in [-0.4, -0.2) is 36.5 Å². The fourth-order valence-corrected chi connectivity index (χ4v) is 1.38. The fourth-order valence-electron chi connectivity index (χ4n) is 1.38. The number of aromatic nitrogens is 2. The summed E-state index contributed by atoms with van der Waals surface area (Å²) >= 11 is 0. The lowest BCUT2D eigenvalue weighted by atomic mass is 10.2. The Morgan fingerprint density at radius 3 is 2.50 bits per heavy atom. The molecule has 98 valence electrons. The van der Waals surface area contributed by atoms with Crippen LogP contribution in [0.15, 0.2) is 6.33 Å². The molecule has 0 radical (unpaired) electrons. The molecule has 1 N–H and O–H groups in total. The Morgan fingerprint density at radius 2 is 1.94 bits per heavy atom. The van der Waals surface area contributed by atoms with E-state index in [0.29, 0.717) is 19.0 Å². The molecule has 0 unspecified atom stereocenters. The van der Waals surface area contributed by atoms with Crippen LogP contribution in [0.2, 0.25) is 0 Å². The van der Waals surface area contributed by atoms with Crippen molar-refractivity contribution < 1.29 is 9.47 Å². The standard InChI is InChI=1S/C13H19N3O2/c1-5-17-12(18-6-2)8-7-11-10(3)15-9-16-13(11)14-4/h9,12H,5-6H2,1-4H3,(H,14,15,16). The summed E-state index contributed by atoms with van der Waals surface area (Å²) in [7, 11) is 1.80. The monoisotopic (exact) mass is 249 g/mol. The van der Waals surface area contributed by atoms with Crippen molar-refractivity contribution >= 4 is 5.82 Å². The first-order valence-electron chi connectivity index (χ1n) is 5.97. The third-order valence-corrected chi connectivity index (χ3v) is 2.22. The van der Waals surface area contributed by atoms with Crippen molar-refractivity contribution in [2.75, 3.05) is 25.6 Å². The smallest absolute Gasteiger partial charge is 0.222 e. The van der Waals surface area contributed by atoms with Crippen LogP contribution in [0, 0.1) is 18.8 Å². The first-order chi connectivity index (χ1) is 8.72. The molecule has 1 aromatic heterocycles. The first kappa shape index (κ1) is 14.4. The lowest BCUT2D eigenvalue weighted by molar-refractivity contribution is -0.0969. The summed E-state index contributed by atoms with van der Waals surface area (Å²) in [6.07, 6.45) is 0.999. The Balaban J connectivity index is 2.95. The van der Waals surface area contributed by atoms with Gasteiger partial charge in [-0.3, -0.25) is 0 Å². The van der Waals surface area contributed by atoms with Crippen molar-refractivity contribution in [1.29, 1.82) is 0 Å². The highest BCUT2D eigenvalue weighted by molar-refractivity contribution is 5.55.